The van der Waals surface area contributed by atoms with Crippen LogP contribution in [0.25, 0.3) is 0 Å². The molecule has 0 saturated carbocycles. The number of rotatable bonds is 5. The molecule has 0 amide bonds. The lowest BCUT2D eigenvalue weighted by Gasteiger charge is -2.34. The van der Waals surface area contributed by atoms with Gasteiger partial charge in [0, 0.05) is 23.9 Å². The molecule has 0 aromatic heterocycles. The van der Waals surface area contributed by atoms with Gasteiger partial charge < -0.3 is 19.8 Å². The van der Waals surface area contributed by atoms with Crippen molar-refractivity contribution < 1.29 is 14.9 Å². The number of ether oxygens (including phenoxy) is 1. The summed E-state index contributed by atoms with van der Waals surface area (Å²) in [4.78, 5) is 2.55. The standard InChI is InChI=1S/C27H29NO3/c29-22-9-7-20(8-10-22)25-18-31-26-12-11-23(30)17-24(26)27(25)21-5-3-19(4-6-21)13-16-28-14-1-2-15-28/h3-12,17,25,27,29-30H,1-2,13-16,18H2. The molecular weight excluding hydrogens is 386 g/mol. The van der Waals surface area contributed by atoms with E-state index in [1.807, 2.05) is 24.3 Å². The summed E-state index contributed by atoms with van der Waals surface area (Å²) in [7, 11) is 0. The number of hydrogen-bond donors (Lipinski definition) is 2. The maximum absolute atomic E-state index is 10.2. The molecule has 0 radical (unpaired) electrons. The van der Waals surface area contributed by atoms with Crippen LogP contribution in [0.4, 0.5) is 0 Å². The Labute approximate surface area is 183 Å². The fourth-order valence-electron chi connectivity index (χ4n) is 5.01. The molecule has 4 nitrogen and oxygen atoms in total. The highest BCUT2D eigenvalue weighted by atomic mass is 16.5. The first-order chi connectivity index (χ1) is 15.2. The third-order valence-corrected chi connectivity index (χ3v) is 6.72. The highest BCUT2D eigenvalue weighted by Gasteiger charge is 2.33. The topological polar surface area (TPSA) is 52.9 Å². The normalized spacial score (nSPS) is 20.9. The summed E-state index contributed by atoms with van der Waals surface area (Å²) < 4.78 is 6.07. The summed E-state index contributed by atoms with van der Waals surface area (Å²) >= 11 is 0. The first kappa shape index (κ1) is 20.0. The molecule has 0 spiro atoms. The van der Waals surface area contributed by atoms with Crippen molar-refractivity contribution in [3.63, 3.8) is 0 Å². The quantitative estimate of drug-likeness (QED) is 0.613. The van der Waals surface area contributed by atoms with E-state index in [2.05, 4.69) is 29.2 Å². The van der Waals surface area contributed by atoms with Crippen LogP contribution in [0.2, 0.25) is 0 Å². The van der Waals surface area contributed by atoms with Crippen LogP contribution >= 0.6 is 0 Å². The van der Waals surface area contributed by atoms with Crippen molar-refractivity contribution >= 4 is 0 Å². The average molecular weight is 416 g/mol. The first-order valence-corrected chi connectivity index (χ1v) is 11.2. The van der Waals surface area contributed by atoms with Gasteiger partial charge in [0.25, 0.3) is 0 Å². The smallest absolute Gasteiger partial charge is 0.123 e. The predicted octanol–water partition coefficient (Wildman–Crippen LogP) is 5.04. The van der Waals surface area contributed by atoms with Crippen LogP contribution < -0.4 is 4.74 Å². The highest BCUT2D eigenvalue weighted by Crippen LogP contribution is 2.47. The summed E-state index contributed by atoms with van der Waals surface area (Å²) in [6, 6.07) is 21.7. The van der Waals surface area contributed by atoms with E-state index in [1.165, 1.54) is 37.1 Å². The number of benzene rings is 3. The third kappa shape index (κ3) is 4.26. The van der Waals surface area contributed by atoms with Crippen LogP contribution in [0, 0.1) is 0 Å². The van der Waals surface area contributed by atoms with Gasteiger partial charge in [-0.2, -0.15) is 0 Å². The maximum Gasteiger partial charge on any atom is 0.123 e. The second-order valence-electron chi connectivity index (χ2n) is 8.75. The lowest BCUT2D eigenvalue weighted by molar-refractivity contribution is 0.248. The number of hydrogen-bond acceptors (Lipinski definition) is 4. The van der Waals surface area contributed by atoms with Crippen molar-refractivity contribution in [1.29, 1.82) is 0 Å². The Balaban J connectivity index is 1.45. The van der Waals surface area contributed by atoms with E-state index in [0.717, 1.165) is 29.8 Å². The zero-order valence-corrected chi connectivity index (χ0v) is 17.7. The summed E-state index contributed by atoms with van der Waals surface area (Å²) in [5.74, 6) is 1.52. The SMILES string of the molecule is Oc1ccc(C2COc3ccc(O)cc3C2c2ccc(CCN3CCCC3)cc2)cc1. The van der Waals surface area contributed by atoms with Crippen LogP contribution in [-0.2, 0) is 6.42 Å². The maximum atomic E-state index is 10.2. The average Bonchev–Trinajstić information content (AvgIpc) is 3.32. The summed E-state index contributed by atoms with van der Waals surface area (Å²) in [5.41, 5.74) is 4.71. The predicted molar refractivity (Wildman–Crippen MR) is 122 cm³/mol. The van der Waals surface area contributed by atoms with Gasteiger partial charge in [0.05, 0.1) is 6.61 Å². The second kappa shape index (κ2) is 8.64. The van der Waals surface area contributed by atoms with E-state index in [4.69, 9.17) is 4.74 Å². The van der Waals surface area contributed by atoms with Crippen molar-refractivity contribution in [3.05, 3.63) is 89.0 Å². The summed E-state index contributed by atoms with van der Waals surface area (Å²) in [6.07, 6.45) is 3.73. The van der Waals surface area contributed by atoms with Gasteiger partial charge in [0.1, 0.15) is 17.2 Å². The Kier molecular flexibility index (Phi) is 5.56. The summed E-state index contributed by atoms with van der Waals surface area (Å²) in [5, 5.41) is 19.9. The Morgan fingerprint density at radius 1 is 0.806 bits per heavy atom. The van der Waals surface area contributed by atoms with Gasteiger partial charge in [0.15, 0.2) is 0 Å². The van der Waals surface area contributed by atoms with Crippen LogP contribution in [0.1, 0.15) is 46.9 Å². The largest absolute Gasteiger partial charge is 0.508 e. The molecule has 0 aliphatic carbocycles. The number of nitrogens with zero attached hydrogens (tertiary/aromatic N) is 1. The van der Waals surface area contributed by atoms with Crippen molar-refractivity contribution in [2.24, 2.45) is 0 Å². The highest BCUT2D eigenvalue weighted by molar-refractivity contribution is 5.51. The van der Waals surface area contributed by atoms with Gasteiger partial charge in [0.2, 0.25) is 0 Å². The first-order valence-electron chi connectivity index (χ1n) is 11.2. The Morgan fingerprint density at radius 3 is 2.23 bits per heavy atom. The molecule has 4 heteroatoms. The zero-order chi connectivity index (χ0) is 21.2. The van der Waals surface area contributed by atoms with Crippen molar-refractivity contribution in [1.82, 2.24) is 4.90 Å². The minimum atomic E-state index is 0.0769. The van der Waals surface area contributed by atoms with Gasteiger partial charge >= 0.3 is 0 Å². The number of phenolic OH excluding ortho intramolecular Hbond substituents is 2. The molecule has 2 heterocycles. The molecule has 2 aliphatic heterocycles. The second-order valence-corrected chi connectivity index (χ2v) is 8.75. The molecule has 3 aromatic rings. The fourth-order valence-corrected chi connectivity index (χ4v) is 5.01. The van der Waals surface area contributed by atoms with Crippen molar-refractivity contribution in [2.45, 2.75) is 31.1 Å². The Hall–Kier alpha value is -2.98. The van der Waals surface area contributed by atoms with Gasteiger partial charge in [-0.3, -0.25) is 0 Å². The van der Waals surface area contributed by atoms with Crippen LogP contribution in [-0.4, -0.2) is 41.4 Å². The van der Waals surface area contributed by atoms with E-state index >= 15 is 0 Å². The minimum absolute atomic E-state index is 0.0769. The molecule has 5 rings (SSSR count). The van der Waals surface area contributed by atoms with Crippen LogP contribution in [0.5, 0.6) is 17.2 Å². The molecule has 31 heavy (non-hydrogen) atoms. The number of fused-ring (bicyclic) bond motifs is 1. The van der Waals surface area contributed by atoms with Gasteiger partial charge in [-0.1, -0.05) is 36.4 Å². The van der Waals surface area contributed by atoms with Gasteiger partial charge in [-0.25, -0.2) is 0 Å². The molecule has 2 unspecified atom stereocenters. The minimum Gasteiger partial charge on any atom is -0.508 e. The molecule has 160 valence electrons. The lowest BCUT2D eigenvalue weighted by atomic mass is 9.75. The van der Waals surface area contributed by atoms with E-state index in [9.17, 15) is 10.2 Å². The van der Waals surface area contributed by atoms with Crippen molar-refractivity contribution in [3.8, 4) is 17.2 Å². The van der Waals surface area contributed by atoms with Gasteiger partial charge in [-0.15, -0.1) is 0 Å². The van der Waals surface area contributed by atoms with E-state index < -0.39 is 0 Å². The van der Waals surface area contributed by atoms with E-state index in [0.29, 0.717) is 6.61 Å². The molecule has 2 N–H and O–H groups in total. The number of aromatic hydroxyl groups is 2. The molecule has 2 atom stereocenters. The molecule has 1 fully saturated rings. The van der Waals surface area contributed by atoms with E-state index in [-0.39, 0.29) is 23.3 Å². The molecule has 3 aromatic carbocycles. The monoisotopic (exact) mass is 415 g/mol. The fraction of sp³-hybridized carbons (Fsp3) is 0.333. The molecule has 1 saturated heterocycles. The molecular formula is C27H29NO3. The zero-order valence-electron chi connectivity index (χ0n) is 17.7. The Morgan fingerprint density at radius 2 is 1.48 bits per heavy atom. The number of phenols is 2. The van der Waals surface area contributed by atoms with Crippen molar-refractivity contribution in [2.75, 3.05) is 26.2 Å². The third-order valence-electron chi connectivity index (χ3n) is 6.72. The van der Waals surface area contributed by atoms with Crippen LogP contribution in [0.3, 0.4) is 0 Å². The van der Waals surface area contributed by atoms with E-state index in [1.54, 1.807) is 18.2 Å². The molecule has 2 aliphatic rings. The lowest BCUT2D eigenvalue weighted by Crippen LogP contribution is -2.25. The van der Waals surface area contributed by atoms with Gasteiger partial charge in [-0.05, 0) is 79.4 Å². The Bertz CT molecular complexity index is 1020. The number of likely N-dealkylation sites (tertiary alicyclic amines) is 1. The molecule has 0 bridgehead atoms. The summed E-state index contributed by atoms with van der Waals surface area (Å²) in [6.45, 7) is 4.15. The van der Waals surface area contributed by atoms with Crippen LogP contribution in [0.15, 0.2) is 66.7 Å².